The van der Waals surface area contributed by atoms with Gasteiger partial charge in [-0.25, -0.2) is 9.59 Å². The number of ether oxygens (including phenoxy) is 3. The second kappa shape index (κ2) is 9.73. The first-order valence-corrected chi connectivity index (χ1v) is 9.47. The lowest BCUT2D eigenvalue weighted by atomic mass is 10.0. The number of benzene rings is 2. The lowest BCUT2D eigenvalue weighted by molar-refractivity contribution is -0.129. The number of aryl methyl sites for hydroxylation is 2. The first-order valence-electron chi connectivity index (χ1n) is 9.47. The van der Waals surface area contributed by atoms with Crippen LogP contribution in [0.1, 0.15) is 36.1 Å². The lowest BCUT2D eigenvalue weighted by Crippen LogP contribution is -2.09. The van der Waals surface area contributed by atoms with Gasteiger partial charge in [0, 0.05) is 23.3 Å². The molecule has 0 saturated heterocycles. The molecule has 0 bridgehead atoms. The highest BCUT2D eigenvalue weighted by atomic mass is 16.6. The van der Waals surface area contributed by atoms with Crippen LogP contribution in [0, 0.1) is 13.8 Å². The molecule has 2 aromatic carbocycles. The van der Waals surface area contributed by atoms with Crippen molar-refractivity contribution < 1.29 is 23.8 Å². The van der Waals surface area contributed by atoms with Crippen LogP contribution in [0.15, 0.2) is 49.6 Å². The SMILES string of the molecule is C=CC(=O)Oc1c(Oc2ccc(C)c(CC)c2OC(=O)C=C)ccc(C)c1CC. The van der Waals surface area contributed by atoms with E-state index < -0.39 is 11.9 Å². The summed E-state index contributed by atoms with van der Waals surface area (Å²) in [5.41, 5.74) is 3.65. The molecular formula is C24H26O5. The molecule has 0 unspecified atom stereocenters. The Bertz CT molecular complexity index is 879. The Labute approximate surface area is 171 Å². The standard InChI is InChI=1S/C24H26O5/c1-7-17-15(5)11-13-19(23(17)28-21(25)9-3)27-20-14-12-16(6)18(8-2)24(20)29-22(26)10-4/h9-14H,3-4,7-8H2,1-2,5-6H3. The Morgan fingerprint density at radius 1 is 0.793 bits per heavy atom. The summed E-state index contributed by atoms with van der Waals surface area (Å²) in [6.45, 7) is 14.7. The Kier molecular flexibility index (Phi) is 7.37. The molecule has 0 amide bonds. The zero-order chi connectivity index (χ0) is 21.6. The van der Waals surface area contributed by atoms with Crippen molar-refractivity contribution in [3.05, 3.63) is 71.8 Å². The highest BCUT2D eigenvalue weighted by Gasteiger charge is 2.20. The van der Waals surface area contributed by atoms with Crippen molar-refractivity contribution in [1.29, 1.82) is 0 Å². The van der Waals surface area contributed by atoms with E-state index in [4.69, 9.17) is 14.2 Å². The van der Waals surface area contributed by atoms with Gasteiger partial charge in [0.25, 0.3) is 0 Å². The van der Waals surface area contributed by atoms with Crippen LogP contribution in [-0.4, -0.2) is 11.9 Å². The fraction of sp³-hybridized carbons (Fsp3) is 0.250. The fourth-order valence-corrected chi connectivity index (χ4v) is 3.08. The number of esters is 2. The second-order valence-electron chi connectivity index (χ2n) is 6.44. The summed E-state index contributed by atoms with van der Waals surface area (Å²) in [7, 11) is 0. The van der Waals surface area contributed by atoms with Gasteiger partial charge in [-0.15, -0.1) is 0 Å². The highest BCUT2D eigenvalue weighted by Crippen LogP contribution is 2.42. The maximum absolute atomic E-state index is 11.9. The molecule has 0 aromatic heterocycles. The molecule has 0 N–H and O–H groups in total. The van der Waals surface area contributed by atoms with Crippen LogP contribution < -0.4 is 14.2 Å². The third-order valence-electron chi connectivity index (χ3n) is 4.58. The summed E-state index contributed by atoms with van der Waals surface area (Å²) >= 11 is 0. The minimum Gasteiger partial charge on any atom is -0.449 e. The third kappa shape index (κ3) is 4.93. The molecule has 152 valence electrons. The Morgan fingerprint density at radius 3 is 1.48 bits per heavy atom. The topological polar surface area (TPSA) is 61.8 Å². The van der Waals surface area contributed by atoms with Gasteiger partial charge in [-0.3, -0.25) is 0 Å². The fourth-order valence-electron chi connectivity index (χ4n) is 3.08. The number of rotatable bonds is 8. The first-order chi connectivity index (χ1) is 13.9. The van der Waals surface area contributed by atoms with E-state index in [1.807, 2.05) is 39.8 Å². The number of carbonyl (C=O) groups excluding carboxylic acids is 2. The van der Waals surface area contributed by atoms with Crippen LogP contribution in [0.4, 0.5) is 0 Å². The molecule has 0 aliphatic heterocycles. The van der Waals surface area contributed by atoms with E-state index in [0.717, 1.165) is 34.4 Å². The molecule has 0 fully saturated rings. The van der Waals surface area contributed by atoms with Gasteiger partial charge in [0.1, 0.15) is 0 Å². The van der Waals surface area contributed by atoms with Crippen molar-refractivity contribution in [2.75, 3.05) is 0 Å². The normalized spacial score (nSPS) is 10.2. The average molecular weight is 394 g/mol. The van der Waals surface area contributed by atoms with Gasteiger partial charge in [0.2, 0.25) is 0 Å². The van der Waals surface area contributed by atoms with Gasteiger partial charge in [-0.1, -0.05) is 39.1 Å². The van der Waals surface area contributed by atoms with E-state index >= 15 is 0 Å². The average Bonchev–Trinajstić information content (AvgIpc) is 2.71. The van der Waals surface area contributed by atoms with Crippen molar-refractivity contribution in [2.45, 2.75) is 40.5 Å². The molecule has 5 heteroatoms. The van der Waals surface area contributed by atoms with E-state index in [-0.39, 0.29) is 0 Å². The molecule has 0 saturated carbocycles. The van der Waals surface area contributed by atoms with Gasteiger partial charge >= 0.3 is 11.9 Å². The van der Waals surface area contributed by atoms with Crippen molar-refractivity contribution in [1.82, 2.24) is 0 Å². The lowest BCUT2D eigenvalue weighted by Gasteiger charge is -2.19. The Balaban J connectivity index is 2.61. The zero-order valence-corrected chi connectivity index (χ0v) is 17.3. The zero-order valence-electron chi connectivity index (χ0n) is 17.3. The van der Waals surface area contributed by atoms with Gasteiger partial charge in [0.05, 0.1) is 0 Å². The molecule has 2 aromatic rings. The Morgan fingerprint density at radius 2 is 1.17 bits per heavy atom. The smallest absolute Gasteiger partial charge is 0.335 e. The van der Waals surface area contributed by atoms with Gasteiger partial charge in [-0.2, -0.15) is 0 Å². The number of hydrogen-bond acceptors (Lipinski definition) is 5. The van der Waals surface area contributed by atoms with E-state index in [0.29, 0.717) is 35.8 Å². The summed E-state index contributed by atoms with van der Waals surface area (Å²) in [6.07, 6.45) is 3.50. The predicted molar refractivity (Wildman–Crippen MR) is 113 cm³/mol. The summed E-state index contributed by atoms with van der Waals surface area (Å²) in [5, 5.41) is 0. The molecule has 0 radical (unpaired) electrons. The number of hydrogen-bond donors (Lipinski definition) is 0. The summed E-state index contributed by atoms with van der Waals surface area (Å²) in [5.74, 6) is 0.209. The highest BCUT2D eigenvalue weighted by molar-refractivity contribution is 5.85. The van der Waals surface area contributed by atoms with Crippen molar-refractivity contribution in [2.24, 2.45) is 0 Å². The van der Waals surface area contributed by atoms with Crippen LogP contribution in [0.2, 0.25) is 0 Å². The quantitative estimate of drug-likeness (QED) is 0.341. The third-order valence-corrected chi connectivity index (χ3v) is 4.58. The maximum atomic E-state index is 11.9. The summed E-state index contributed by atoms with van der Waals surface area (Å²) in [6, 6.07) is 7.24. The number of carbonyl (C=O) groups is 2. The predicted octanol–water partition coefficient (Wildman–Crippen LogP) is 5.40. The van der Waals surface area contributed by atoms with Crippen LogP contribution in [0.25, 0.3) is 0 Å². The molecule has 0 spiro atoms. The molecule has 0 aliphatic carbocycles. The van der Waals surface area contributed by atoms with Crippen LogP contribution in [0.5, 0.6) is 23.0 Å². The molecule has 0 atom stereocenters. The largest absolute Gasteiger partial charge is 0.449 e. The molecule has 0 heterocycles. The van der Waals surface area contributed by atoms with E-state index in [2.05, 4.69) is 13.2 Å². The minimum absolute atomic E-state index is 0.331. The molecule has 5 nitrogen and oxygen atoms in total. The Hall–Kier alpha value is -3.34. The van der Waals surface area contributed by atoms with Gasteiger partial charge in [0.15, 0.2) is 23.0 Å². The molecular weight excluding hydrogens is 368 g/mol. The first kappa shape index (κ1) is 22.0. The minimum atomic E-state index is -0.577. The van der Waals surface area contributed by atoms with E-state index in [1.54, 1.807) is 12.1 Å². The molecule has 29 heavy (non-hydrogen) atoms. The van der Waals surface area contributed by atoms with E-state index in [1.165, 1.54) is 0 Å². The van der Waals surface area contributed by atoms with Crippen LogP contribution in [0.3, 0.4) is 0 Å². The summed E-state index contributed by atoms with van der Waals surface area (Å²) in [4.78, 5) is 23.8. The molecule has 2 rings (SSSR count). The second-order valence-corrected chi connectivity index (χ2v) is 6.44. The monoisotopic (exact) mass is 394 g/mol. The van der Waals surface area contributed by atoms with Gasteiger partial charge < -0.3 is 14.2 Å². The van der Waals surface area contributed by atoms with Crippen molar-refractivity contribution >= 4 is 11.9 Å². The van der Waals surface area contributed by atoms with Crippen LogP contribution in [-0.2, 0) is 22.4 Å². The molecule has 0 aliphatic rings. The van der Waals surface area contributed by atoms with Crippen molar-refractivity contribution in [3.63, 3.8) is 0 Å². The van der Waals surface area contributed by atoms with Gasteiger partial charge in [-0.05, 0) is 49.9 Å². The van der Waals surface area contributed by atoms with Crippen molar-refractivity contribution in [3.8, 4) is 23.0 Å². The maximum Gasteiger partial charge on any atom is 0.335 e. The summed E-state index contributed by atoms with van der Waals surface area (Å²) < 4.78 is 17.1. The van der Waals surface area contributed by atoms with Crippen LogP contribution >= 0.6 is 0 Å². The van der Waals surface area contributed by atoms with E-state index in [9.17, 15) is 9.59 Å².